The molecule has 0 rings (SSSR count). The van der Waals surface area contributed by atoms with Crippen LogP contribution in [0.1, 0.15) is 6.42 Å². The summed E-state index contributed by atoms with van der Waals surface area (Å²) in [6, 6.07) is 0. The van der Waals surface area contributed by atoms with E-state index in [0.717, 1.165) is 0 Å². The maximum Gasteiger partial charge on any atom is 0.332 e. The number of halogens is 4. The van der Waals surface area contributed by atoms with Crippen molar-refractivity contribution in [3.05, 3.63) is 10.6 Å². The molecule has 6 heteroatoms. The van der Waals surface area contributed by atoms with Gasteiger partial charge < -0.3 is 5.11 Å². The normalized spacial score (nSPS) is 13.3. The molecule has 1 N–H and O–H groups in total. The SMILES string of the molecule is O=C(O)C(=CBr)CC(Cl)(Cl)Cl. The fraction of sp³-hybridized carbons (Fsp3) is 0.400. The molecule has 0 aliphatic carbocycles. The summed E-state index contributed by atoms with van der Waals surface area (Å²) in [4.78, 5) is 11.6. The van der Waals surface area contributed by atoms with Crippen LogP contribution in [0.5, 0.6) is 0 Å². The highest BCUT2D eigenvalue weighted by atomic mass is 79.9. The highest BCUT2D eigenvalue weighted by Crippen LogP contribution is 2.33. The van der Waals surface area contributed by atoms with E-state index in [2.05, 4.69) is 15.9 Å². The van der Waals surface area contributed by atoms with Gasteiger partial charge in [0.25, 0.3) is 0 Å². The summed E-state index contributed by atoms with van der Waals surface area (Å²) in [6.07, 6.45) is -0.127. The molecule has 0 aromatic carbocycles. The van der Waals surface area contributed by atoms with Crippen LogP contribution >= 0.6 is 50.7 Å². The van der Waals surface area contributed by atoms with Crippen LogP contribution in [0.2, 0.25) is 0 Å². The van der Waals surface area contributed by atoms with Gasteiger partial charge in [-0.25, -0.2) is 4.79 Å². The Morgan fingerprint density at radius 2 is 2.00 bits per heavy atom. The zero-order valence-corrected chi connectivity index (χ0v) is 9.01. The number of hydrogen-bond donors (Lipinski definition) is 1. The van der Waals surface area contributed by atoms with Crippen molar-refractivity contribution in [2.75, 3.05) is 0 Å². The molecule has 0 heterocycles. The van der Waals surface area contributed by atoms with Gasteiger partial charge >= 0.3 is 5.97 Å². The van der Waals surface area contributed by atoms with E-state index in [0.29, 0.717) is 0 Å². The van der Waals surface area contributed by atoms with Crippen LogP contribution in [0.4, 0.5) is 0 Å². The summed E-state index contributed by atoms with van der Waals surface area (Å²) < 4.78 is -1.56. The molecule has 0 amide bonds. The van der Waals surface area contributed by atoms with E-state index in [4.69, 9.17) is 39.9 Å². The van der Waals surface area contributed by atoms with Crippen LogP contribution in [0, 0.1) is 0 Å². The number of carbonyl (C=O) groups is 1. The summed E-state index contributed by atoms with van der Waals surface area (Å²) in [5.41, 5.74) is 0.0185. The van der Waals surface area contributed by atoms with Crippen molar-refractivity contribution in [3.8, 4) is 0 Å². The Hall–Kier alpha value is 0.560. The Morgan fingerprint density at radius 3 is 2.09 bits per heavy atom. The van der Waals surface area contributed by atoms with Gasteiger partial charge in [0, 0.05) is 12.0 Å². The second-order valence-electron chi connectivity index (χ2n) is 1.73. The highest BCUT2D eigenvalue weighted by Gasteiger charge is 2.24. The van der Waals surface area contributed by atoms with E-state index in [1.54, 1.807) is 0 Å². The van der Waals surface area contributed by atoms with Crippen LogP contribution in [-0.4, -0.2) is 14.9 Å². The molecule has 0 aromatic heterocycles. The zero-order valence-electron chi connectivity index (χ0n) is 5.15. The number of alkyl halides is 3. The van der Waals surface area contributed by atoms with Gasteiger partial charge in [0.2, 0.25) is 0 Å². The Labute approximate surface area is 87.2 Å². The second kappa shape index (κ2) is 4.55. The lowest BCUT2D eigenvalue weighted by Crippen LogP contribution is -2.09. The fourth-order valence-corrected chi connectivity index (χ4v) is 1.17. The molecule has 2 nitrogen and oxygen atoms in total. The Morgan fingerprint density at radius 1 is 1.55 bits per heavy atom. The molecule has 11 heavy (non-hydrogen) atoms. The van der Waals surface area contributed by atoms with Crippen molar-refractivity contribution in [2.24, 2.45) is 0 Å². The number of hydrogen-bond acceptors (Lipinski definition) is 1. The van der Waals surface area contributed by atoms with Gasteiger partial charge in [-0.1, -0.05) is 50.7 Å². The summed E-state index contributed by atoms with van der Waals surface area (Å²) in [7, 11) is 0. The molecule has 64 valence electrons. The summed E-state index contributed by atoms with van der Waals surface area (Å²) >= 11 is 18.9. The number of aliphatic carboxylic acids is 1. The second-order valence-corrected chi connectivity index (χ2v) is 4.71. The Balaban J connectivity index is 4.24. The van der Waals surface area contributed by atoms with E-state index in [-0.39, 0.29) is 12.0 Å². The molecule has 0 spiro atoms. The van der Waals surface area contributed by atoms with Crippen LogP contribution in [0.3, 0.4) is 0 Å². The number of rotatable bonds is 2. The molecule has 0 unspecified atom stereocenters. The van der Waals surface area contributed by atoms with E-state index in [1.807, 2.05) is 0 Å². The first-order valence-electron chi connectivity index (χ1n) is 2.46. The van der Waals surface area contributed by atoms with Crippen molar-refractivity contribution in [1.29, 1.82) is 0 Å². The van der Waals surface area contributed by atoms with E-state index in [1.165, 1.54) is 4.99 Å². The van der Waals surface area contributed by atoms with Gasteiger partial charge in [-0.3, -0.25) is 0 Å². The molecule has 0 bridgehead atoms. The largest absolute Gasteiger partial charge is 0.478 e. The minimum Gasteiger partial charge on any atom is -0.478 e. The lowest BCUT2D eigenvalue weighted by atomic mass is 10.2. The summed E-state index contributed by atoms with van der Waals surface area (Å²) in [5, 5.41) is 8.46. The van der Waals surface area contributed by atoms with Crippen molar-refractivity contribution in [1.82, 2.24) is 0 Å². The van der Waals surface area contributed by atoms with Crippen molar-refractivity contribution >= 4 is 56.7 Å². The smallest absolute Gasteiger partial charge is 0.332 e. The topological polar surface area (TPSA) is 37.3 Å². The molecule has 0 fully saturated rings. The van der Waals surface area contributed by atoms with E-state index < -0.39 is 9.76 Å². The molecule has 0 saturated heterocycles. The van der Waals surface area contributed by atoms with Gasteiger partial charge in [0.15, 0.2) is 3.79 Å². The fourth-order valence-electron chi connectivity index (χ4n) is 0.377. The number of carboxylic acid groups (broad SMARTS) is 1. The predicted molar refractivity (Wildman–Crippen MR) is 49.6 cm³/mol. The third-order valence-electron chi connectivity index (χ3n) is 0.797. The van der Waals surface area contributed by atoms with Crippen LogP contribution in [-0.2, 0) is 4.79 Å². The molecule has 0 radical (unpaired) electrons. The van der Waals surface area contributed by atoms with Crippen LogP contribution in [0.15, 0.2) is 10.6 Å². The van der Waals surface area contributed by atoms with Gasteiger partial charge in [0.1, 0.15) is 0 Å². The first-order valence-corrected chi connectivity index (χ1v) is 4.51. The quantitative estimate of drug-likeness (QED) is 0.624. The lowest BCUT2D eigenvalue weighted by Gasteiger charge is -2.09. The average Bonchev–Trinajstić information content (AvgIpc) is 1.80. The molecule has 0 atom stereocenters. The molecular weight excluding hydrogens is 278 g/mol. The van der Waals surface area contributed by atoms with Crippen molar-refractivity contribution in [2.45, 2.75) is 10.2 Å². The van der Waals surface area contributed by atoms with Gasteiger partial charge in [-0.05, 0) is 4.99 Å². The first-order chi connectivity index (χ1) is 4.87. The first kappa shape index (κ1) is 11.6. The Kier molecular flexibility index (Phi) is 4.78. The third-order valence-corrected chi connectivity index (χ3v) is 1.75. The van der Waals surface area contributed by atoms with Crippen molar-refractivity contribution in [3.63, 3.8) is 0 Å². The monoisotopic (exact) mass is 280 g/mol. The number of carboxylic acids is 1. The van der Waals surface area contributed by atoms with Gasteiger partial charge in [0.05, 0.1) is 0 Å². The minimum atomic E-state index is -1.56. The maximum absolute atomic E-state index is 10.3. The lowest BCUT2D eigenvalue weighted by molar-refractivity contribution is -0.132. The Bertz CT molecular complexity index is 185. The average molecular weight is 282 g/mol. The molecule has 0 aliphatic rings. The standard InChI is InChI=1S/C5H4BrCl3O2/c6-2-3(4(10)11)1-5(7,8)9/h2H,1H2,(H,10,11). The predicted octanol–water partition coefficient (Wildman–Crippen LogP) is 3.11. The van der Waals surface area contributed by atoms with Gasteiger partial charge in [-0.15, -0.1) is 0 Å². The molecule has 0 saturated carbocycles. The summed E-state index contributed by atoms with van der Waals surface area (Å²) in [6.45, 7) is 0. The van der Waals surface area contributed by atoms with Gasteiger partial charge in [-0.2, -0.15) is 0 Å². The zero-order chi connectivity index (χ0) is 9.07. The highest BCUT2D eigenvalue weighted by molar-refractivity contribution is 9.11. The molecule has 0 aliphatic heterocycles. The molecular formula is C5H4BrCl3O2. The van der Waals surface area contributed by atoms with Crippen molar-refractivity contribution < 1.29 is 9.90 Å². The molecule has 0 aromatic rings. The van der Waals surface area contributed by atoms with E-state index in [9.17, 15) is 4.79 Å². The van der Waals surface area contributed by atoms with E-state index >= 15 is 0 Å². The van der Waals surface area contributed by atoms with Crippen LogP contribution in [0.25, 0.3) is 0 Å². The van der Waals surface area contributed by atoms with Crippen LogP contribution < -0.4 is 0 Å². The minimum absolute atomic E-state index is 0.0185. The summed E-state index contributed by atoms with van der Waals surface area (Å²) in [5.74, 6) is -1.10. The third kappa shape index (κ3) is 5.79. The maximum atomic E-state index is 10.3.